The van der Waals surface area contributed by atoms with E-state index in [2.05, 4.69) is 9.97 Å². The fraction of sp³-hybridized carbons (Fsp3) is 0. The highest BCUT2D eigenvalue weighted by atomic mass is 14.8. The molecule has 15 heavy (non-hydrogen) atoms. The third-order valence-corrected chi connectivity index (χ3v) is 1.99. The van der Waals surface area contributed by atoms with Gasteiger partial charge in [-0.15, -0.1) is 0 Å². The van der Waals surface area contributed by atoms with Crippen LogP contribution in [0, 0.1) is 11.3 Å². The molecule has 0 saturated heterocycles. The SMILES string of the molecule is N#Cc1cc(-c2ccnc(N)c2)ccn1. The van der Waals surface area contributed by atoms with Crippen molar-refractivity contribution < 1.29 is 0 Å². The number of aromatic nitrogens is 2. The van der Waals surface area contributed by atoms with Crippen molar-refractivity contribution >= 4 is 5.82 Å². The molecule has 0 radical (unpaired) electrons. The first-order valence-electron chi connectivity index (χ1n) is 4.37. The molecule has 2 N–H and O–H groups in total. The summed E-state index contributed by atoms with van der Waals surface area (Å²) in [5.41, 5.74) is 7.81. The number of rotatable bonds is 1. The zero-order valence-electron chi connectivity index (χ0n) is 7.88. The quantitative estimate of drug-likeness (QED) is 0.751. The molecule has 0 fully saturated rings. The van der Waals surface area contributed by atoms with Gasteiger partial charge in [0.1, 0.15) is 17.6 Å². The predicted octanol–water partition coefficient (Wildman–Crippen LogP) is 1.60. The minimum absolute atomic E-state index is 0.392. The molecule has 4 nitrogen and oxygen atoms in total. The first kappa shape index (κ1) is 9.16. The smallest absolute Gasteiger partial charge is 0.141 e. The standard InChI is InChI=1S/C11H8N4/c12-7-10-5-8(1-3-14-10)9-2-4-15-11(13)6-9/h1-6H,(H2,13,15). The summed E-state index contributed by atoms with van der Waals surface area (Å²) < 4.78 is 0. The van der Waals surface area contributed by atoms with Crippen LogP contribution in [0.5, 0.6) is 0 Å². The van der Waals surface area contributed by atoms with Crippen LogP contribution in [0.15, 0.2) is 36.7 Å². The Morgan fingerprint density at radius 3 is 2.40 bits per heavy atom. The number of nitrogen functional groups attached to an aromatic ring is 1. The number of hydrogen-bond acceptors (Lipinski definition) is 4. The van der Waals surface area contributed by atoms with Crippen molar-refractivity contribution in [1.29, 1.82) is 5.26 Å². The van der Waals surface area contributed by atoms with Gasteiger partial charge in [-0.3, -0.25) is 0 Å². The van der Waals surface area contributed by atoms with Gasteiger partial charge in [-0.05, 0) is 35.4 Å². The summed E-state index contributed by atoms with van der Waals surface area (Å²) in [7, 11) is 0. The number of anilines is 1. The van der Waals surface area contributed by atoms with E-state index < -0.39 is 0 Å². The third kappa shape index (κ3) is 1.92. The molecular weight excluding hydrogens is 188 g/mol. The first-order valence-corrected chi connectivity index (χ1v) is 4.37. The lowest BCUT2D eigenvalue weighted by atomic mass is 10.1. The van der Waals surface area contributed by atoms with E-state index in [1.54, 1.807) is 24.5 Å². The Bertz CT molecular complexity index is 528. The van der Waals surface area contributed by atoms with E-state index in [1.807, 2.05) is 18.2 Å². The van der Waals surface area contributed by atoms with Crippen LogP contribution in [-0.2, 0) is 0 Å². The summed E-state index contributed by atoms with van der Waals surface area (Å²) in [4.78, 5) is 7.80. The van der Waals surface area contributed by atoms with E-state index in [1.165, 1.54) is 0 Å². The molecule has 0 spiro atoms. The molecule has 0 aliphatic carbocycles. The van der Waals surface area contributed by atoms with Gasteiger partial charge < -0.3 is 5.73 Å². The Balaban J connectivity index is 2.50. The van der Waals surface area contributed by atoms with Crippen LogP contribution >= 0.6 is 0 Å². The Morgan fingerprint density at radius 1 is 1.07 bits per heavy atom. The van der Waals surface area contributed by atoms with Crippen molar-refractivity contribution in [3.63, 3.8) is 0 Å². The monoisotopic (exact) mass is 196 g/mol. The van der Waals surface area contributed by atoms with Gasteiger partial charge in [-0.2, -0.15) is 5.26 Å². The number of pyridine rings is 2. The van der Waals surface area contributed by atoms with Crippen molar-refractivity contribution in [2.45, 2.75) is 0 Å². The van der Waals surface area contributed by atoms with Gasteiger partial charge in [0.05, 0.1) is 0 Å². The van der Waals surface area contributed by atoms with Crippen molar-refractivity contribution in [3.8, 4) is 17.2 Å². The van der Waals surface area contributed by atoms with E-state index in [0.717, 1.165) is 11.1 Å². The Labute approximate surface area is 87.0 Å². The molecule has 2 rings (SSSR count). The molecule has 4 heteroatoms. The van der Waals surface area contributed by atoms with Gasteiger partial charge in [0.2, 0.25) is 0 Å². The van der Waals surface area contributed by atoms with Crippen LogP contribution in [0.25, 0.3) is 11.1 Å². The van der Waals surface area contributed by atoms with E-state index in [0.29, 0.717) is 11.5 Å². The number of hydrogen-bond donors (Lipinski definition) is 1. The maximum absolute atomic E-state index is 8.71. The third-order valence-electron chi connectivity index (χ3n) is 1.99. The van der Waals surface area contributed by atoms with Crippen LogP contribution in [-0.4, -0.2) is 9.97 Å². The maximum Gasteiger partial charge on any atom is 0.141 e. The van der Waals surface area contributed by atoms with E-state index in [-0.39, 0.29) is 0 Å². The van der Waals surface area contributed by atoms with Crippen molar-refractivity contribution in [1.82, 2.24) is 9.97 Å². The second-order valence-corrected chi connectivity index (χ2v) is 3.01. The molecule has 0 bridgehead atoms. The van der Waals surface area contributed by atoms with Gasteiger partial charge in [0, 0.05) is 12.4 Å². The molecule has 2 aromatic heterocycles. The second kappa shape index (κ2) is 3.76. The average molecular weight is 196 g/mol. The fourth-order valence-electron chi connectivity index (χ4n) is 1.30. The normalized spacial score (nSPS) is 9.53. The van der Waals surface area contributed by atoms with Crippen molar-refractivity contribution in [2.75, 3.05) is 5.73 Å². The molecule has 0 atom stereocenters. The van der Waals surface area contributed by atoms with E-state index >= 15 is 0 Å². The highest BCUT2D eigenvalue weighted by molar-refractivity contribution is 5.66. The van der Waals surface area contributed by atoms with E-state index in [9.17, 15) is 0 Å². The van der Waals surface area contributed by atoms with Gasteiger partial charge in [-0.1, -0.05) is 0 Å². The Hall–Kier alpha value is -2.41. The lowest BCUT2D eigenvalue weighted by Crippen LogP contribution is -1.90. The van der Waals surface area contributed by atoms with Crippen LogP contribution in [0.4, 0.5) is 5.82 Å². The number of nitrogens with zero attached hydrogens (tertiary/aromatic N) is 3. The lowest BCUT2D eigenvalue weighted by Gasteiger charge is -2.01. The minimum Gasteiger partial charge on any atom is -0.384 e. The maximum atomic E-state index is 8.71. The van der Waals surface area contributed by atoms with Crippen LogP contribution in [0.3, 0.4) is 0 Å². The highest BCUT2D eigenvalue weighted by Crippen LogP contribution is 2.19. The zero-order chi connectivity index (χ0) is 10.7. The van der Waals surface area contributed by atoms with Gasteiger partial charge in [0.15, 0.2) is 0 Å². The molecular formula is C11H8N4. The topological polar surface area (TPSA) is 75.6 Å². The molecule has 2 heterocycles. The van der Waals surface area contributed by atoms with Crippen molar-refractivity contribution in [2.24, 2.45) is 0 Å². The molecule has 0 aliphatic rings. The molecule has 2 aromatic rings. The van der Waals surface area contributed by atoms with Crippen molar-refractivity contribution in [3.05, 3.63) is 42.4 Å². The Kier molecular flexibility index (Phi) is 2.30. The molecule has 0 saturated carbocycles. The lowest BCUT2D eigenvalue weighted by molar-refractivity contribution is 1.26. The average Bonchev–Trinajstić information content (AvgIpc) is 2.29. The molecule has 72 valence electrons. The van der Waals surface area contributed by atoms with Gasteiger partial charge >= 0.3 is 0 Å². The zero-order valence-corrected chi connectivity index (χ0v) is 7.88. The van der Waals surface area contributed by atoms with Crippen LogP contribution in [0.2, 0.25) is 0 Å². The largest absolute Gasteiger partial charge is 0.384 e. The summed E-state index contributed by atoms with van der Waals surface area (Å²) in [6, 6.07) is 9.14. The second-order valence-electron chi connectivity index (χ2n) is 3.01. The van der Waals surface area contributed by atoms with Gasteiger partial charge in [-0.25, -0.2) is 9.97 Å². The van der Waals surface area contributed by atoms with Crippen LogP contribution < -0.4 is 5.73 Å². The van der Waals surface area contributed by atoms with E-state index in [4.69, 9.17) is 11.0 Å². The summed E-state index contributed by atoms with van der Waals surface area (Å²) in [6.07, 6.45) is 3.24. The Morgan fingerprint density at radius 2 is 1.73 bits per heavy atom. The number of nitrogens with two attached hydrogens (primary N) is 1. The fourth-order valence-corrected chi connectivity index (χ4v) is 1.30. The minimum atomic E-state index is 0.392. The first-order chi connectivity index (χ1) is 7.29. The summed E-state index contributed by atoms with van der Waals surface area (Å²) in [5, 5.41) is 8.71. The van der Waals surface area contributed by atoms with Gasteiger partial charge in [0.25, 0.3) is 0 Å². The summed E-state index contributed by atoms with van der Waals surface area (Å²) in [5.74, 6) is 0.461. The summed E-state index contributed by atoms with van der Waals surface area (Å²) >= 11 is 0. The molecule has 0 unspecified atom stereocenters. The summed E-state index contributed by atoms with van der Waals surface area (Å²) in [6.45, 7) is 0. The number of nitriles is 1. The molecule has 0 aromatic carbocycles. The molecule has 0 amide bonds. The molecule has 0 aliphatic heterocycles. The van der Waals surface area contributed by atoms with Crippen LogP contribution in [0.1, 0.15) is 5.69 Å². The highest BCUT2D eigenvalue weighted by Gasteiger charge is 2.00. The predicted molar refractivity (Wildman–Crippen MR) is 56.6 cm³/mol.